The van der Waals surface area contributed by atoms with Crippen LogP contribution in [-0.4, -0.2) is 28.2 Å². The van der Waals surface area contributed by atoms with E-state index in [-0.39, 0.29) is 23.4 Å². The molecular formula is C22H21N3O3S. The molecule has 0 unspecified atom stereocenters. The van der Waals surface area contributed by atoms with Crippen LogP contribution in [0.25, 0.3) is 0 Å². The number of Topliss-reactive ketones (excluding diaryl/α,β-unsaturated/α-hetero) is 1. The Balaban J connectivity index is 1.64. The highest BCUT2D eigenvalue weighted by Gasteiger charge is 2.40. The van der Waals surface area contributed by atoms with Crippen LogP contribution in [0, 0.1) is 6.92 Å². The maximum Gasteiger partial charge on any atom is 0.162 e. The minimum absolute atomic E-state index is 0.0631. The third kappa shape index (κ3) is 2.84. The summed E-state index contributed by atoms with van der Waals surface area (Å²) in [5, 5.41) is 23.3. The second kappa shape index (κ2) is 6.77. The maximum atomic E-state index is 13.4. The average molecular weight is 407 g/mol. The lowest BCUT2D eigenvalue weighted by Crippen LogP contribution is -2.29. The van der Waals surface area contributed by atoms with E-state index in [9.17, 15) is 9.90 Å². The number of allylic oxidation sites excluding steroid dienone is 2. The van der Waals surface area contributed by atoms with Gasteiger partial charge >= 0.3 is 0 Å². The van der Waals surface area contributed by atoms with Gasteiger partial charge in [-0.2, -0.15) is 5.10 Å². The van der Waals surface area contributed by atoms with Gasteiger partial charge in [-0.15, -0.1) is 11.3 Å². The van der Waals surface area contributed by atoms with Crippen molar-refractivity contribution in [1.82, 2.24) is 10.2 Å². The summed E-state index contributed by atoms with van der Waals surface area (Å²) in [6, 6.07) is 9.47. The summed E-state index contributed by atoms with van der Waals surface area (Å²) in [6.45, 7) is 1.96. The first-order valence-electron chi connectivity index (χ1n) is 9.55. The lowest BCUT2D eigenvalue weighted by atomic mass is 9.73. The molecule has 7 heteroatoms. The molecule has 0 bridgehead atoms. The Morgan fingerprint density at radius 1 is 1.28 bits per heavy atom. The number of benzene rings is 1. The monoisotopic (exact) mass is 407 g/mol. The minimum atomic E-state index is -0.270. The molecular weight excluding hydrogens is 386 g/mol. The van der Waals surface area contributed by atoms with Gasteiger partial charge in [0.15, 0.2) is 23.1 Å². The molecule has 3 aromatic rings. The highest BCUT2D eigenvalue weighted by atomic mass is 32.1. The molecule has 2 aromatic heterocycles. The van der Waals surface area contributed by atoms with Gasteiger partial charge in [0.2, 0.25) is 0 Å². The smallest absolute Gasteiger partial charge is 0.162 e. The number of thiophene rings is 1. The van der Waals surface area contributed by atoms with Crippen molar-refractivity contribution in [2.45, 2.75) is 31.6 Å². The SMILES string of the molecule is COc1ccc([C@H]2C3=C(C[C@@H](c4cccs4)CC3=O)Nc3n[nH]c(C)c32)cc1O. The number of anilines is 1. The van der Waals surface area contributed by atoms with Crippen molar-refractivity contribution in [1.29, 1.82) is 0 Å². The van der Waals surface area contributed by atoms with Gasteiger partial charge in [0.1, 0.15) is 0 Å². The number of aromatic nitrogens is 2. The van der Waals surface area contributed by atoms with Gasteiger partial charge in [0.05, 0.1) is 7.11 Å². The summed E-state index contributed by atoms with van der Waals surface area (Å²) in [7, 11) is 1.52. The fraction of sp³-hybridized carbons (Fsp3) is 0.273. The predicted octanol–water partition coefficient (Wildman–Crippen LogP) is 4.45. The van der Waals surface area contributed by atoms with Gasteiger partial charge in [0, 0.05) is 45.7 Å². The van der Waals surface area contributed by atoms with Gasteiger partial charge in [-0.1, -0.05) is 12.1 Å². The number of ether oxygens (including phenoxy) is 1. The Labute approximate surface area is 172 Å². The first-order chi connectivity index (χ1) is 14.1. The highest BCUT2D eigenvalue weighted by molar-refractivity contribution is 7.10. The molecule has 0 spiro atoms. The normalized spacial score (nSPS) is 20.8. The number of ketones is 1. The summed E-state index contributed by atoms with van der Waals surface area (Å²) in [6.07, 6.45) is 1.26. The van der Waals surface area contributed by atoms with E-state index in [2.05, 4.69) is 27.0 Å². The number of fused-ring (bicyclic) bond motifs is 1. The van der Waals surface area contributed by atoms with Gasteiger partial charge in [-0.25, -0.2) is 0 Å². The van der Waals surface area contributed by atoms with Crippen LogP contribution in [0.15, 0.2) is 47.0 Å². The number of methoxy groups -OCH3 is 1. The third-order valence-electron chi connectivity index (χ3n) is 5.83. The molecule has 2 aliphatic rings. The maximum absolute atomic E-state index is 13.4. The number of aromatic amines is 1. The molecule has 29 heavy (non-hydrogen) atoms. The molecule has 148 valence electrons. The predicted molar refractivity (Wildman–Crippen MR) is 112 cm³/mol. The Morgan fingerprint density at radius 2 is 2.14 bits per heavy atom. The largest absolute Gasteiger partial charge is 0.504 e. The lowest BCUT2D eigenvalue weighted by molar-refractivity contribution is -0.116. The summed E-state index contributed by atoms with van der Waals surface area (Å²) in [4.78, 5) is 14.6. The number of nitrogens with zero attached hydrogens (tertiary/aromatic N) is 1. The molecule has 1 aliphatic heterocycles. The van der Waals surface area contributed by atoms with E-state index >= 15 is 0 Å². The molecule has 5 rings (SSSR count). The number of rotatable bonds is 3. The van der Waals surface area contributed by atoms with Gasteiger partial charge in [0.25, 0.3) is 0 Å². The molecule has 1 aliphatic carbocycles. The molecule has 6 nitrogen and oxygen atoms in total. The second-order valence-corrected chi connectivity index (χ2v) is 8.52. The van der Waals surface area contributed by atoms with Gasteiger partial charge in [-0.05, 0) is 42.5 Å². The molecule has 0 saturated heterocycles. The molecule has 0 saturated carbocycles. The van der Waals surface area contributed by atoms with Crippen LogP contribution in [0.1, 0.15) is 46.4 Å². The van der Waals surface area contributed by atoms with Crippen LogP contribution in [0.3, 0.4) is 0 Å². The number of phenols is 1. The highest BCUT2D eigenvalue weighted by Crippen LogP contribution is 2.49. The second-order valence-electron chi connectivity index (χ2n) is 7.54. The standard InChI is InChI=1S/C22H21N3O3S/c1-11-19-20(12-5-6-17(28-2)15(26)9-12)21-14(23-22(19)25-24-11)8-13(10-16(21)27)18-4-3-7-29-18/h3-7,9,13,20,26H,8,10H2,1-2H3,(H2,23,24,25)/t13-,20-/m1/s1. The van der Waals surface area contributed by atoms with Crippen molar-refractivity contribution >= 4 is 22.9 Å². The first kappa shape index (κ1) is 18.0. The summed E-state index contributed by atoms with van der Waals surface area (Å²) >= 11 is 1.69. The number of hydrogen-bond donors (Lipinski definition) is 3. The van der Waals surface area contributed by atoms with E-state index in [1.165, 1.54) is 12.0 Å². The van der Waals surface area contributed by atoms with Crippen molar-refractivity contribution in [3.8, 4) is 11.5 Å². The Kier molecular flexibility index (Phi) is 4.20. The van der Waals surface area contributed by atoms with Crippen LogP contribution in [-0.2, 0) is 4.79 Å². The first-order valence-corrected chi connectivity index (χ1v) is 10.4. The van der Waals surface area contributed by atoms with Crippen LogP contribution in [0.5, 0.6) is 11.5 Å². The molecule has 0 radical (unpaired) electrons. The summed E-state index contributed by atoms with van der Waals surface area (Å²) in [5.74, 6) is 1.28. The van der Waals surface area contributed by atoms with Gasteiger partial charge in [-0.3, -0.25) is 9.89 Å². The quantitative estimate of drug-likeness (QED) is 0.597. The average Bonchev–Trinajstić information content (AvgIpc) is 3.37. The fourth-order valence-electron chi connectivity index (χ4n) is 4.50. The summed E-state index contributed by atoms with van der Waals surface area (Å²) in [5.41, 5.74) is 4.42. The minimum Gasteiger partial charge on any atom is -0.504 e. The fourth-order valence-corrected chi connectivity index (χ4v) is 5.33. The Hall–Kier alpha value is -3.06. The topological polar surface area (TPSA) is 87.2 Å². The van der Waals surface area contributed by atoms with E-state index < -0.39 is 0 Å². The molecule has 0 amide bonds. The van der Waals surface area contributed by atoms with Crippen molar-refractivity contribution < 1.29 is 14.6 Å². The molecule has 3 N–H and O–H groups in total. The van der Waals surface area contributed by atoms with Gasteiger partial charge < -0.3 is 15.2 Å². The van der Waals surface area contributed by atoms with Crippen molar-refractivity contribution in [3.05, 3.63) is 68.7 Å². The number of aromatic hydroxyl groups is 1. The number of carbonyl (C=O) groups excluding carboxylic acids is 1. The van der Waals surface area contributed by atoms with E-state index in [0.29, 0.717) is 12.2 Å². The van der Waals surface area contributed by atoms with Crippen molar-refractivity contribution in [2.24, 2.45) is 0 Å². The zero-order valence-electron chi connectivity index (χ0n) is 16.2. The zero-order chi connectivity index (χ0) is 20.1. The van der Waals surface area contributed by atoms with Crippen LogP contribution in [0.2, 0.25) is 0 Å². The van der Waals surface area contributed by atoms with Crippen LogP contribution in [0.4, 0.5) is 5.82 Å². The van der Waals surface area contributed by atoms with Crippen LogP contribution >= 0.6 is 11.3 Å². The number of hydrogen-bond acceptors (Lipinski definition) is 6. The number of phenolic OH excluding ortho intramolecular Hbond substituents is 1. The van der Waals surface area contributed by atoms with E-state index in [1.807, 2.05) is 19.1 Å². The molecule has 1 aromatic carbocycles. The Morgan fingerprint density at radius 3 is 2.86 bits per heavy atom. The molecule has 2 atom stereocenters. The van der Waals surface area contributed by atoms with E-state index in [0.717, 1.165) is 40.3 Å². The number of H-pyrrole nitrogens is 1. The number of carbonyl (C=O) groups is 1. The zero-order valence-corrected chi connectivity index (χ0v) is 17.0. The third-order valence-corrected chi connectivity index (χ3v) is 6.87. The number of nitrogens with one attached hydrogen (secondary N) is 2. The van der Waals surface area contributed by atoms with Crippen LogP contribution < -0.4 is 10.1 Å². The van der Waals surface area contributed by atoms with Crippen molar-refractivity contribution in [2.75, 3.05) is 12.4 Å². The molecule has 0 fully saturated rings. The number of aryl methyl sites for hydroxylation is 1. The van der Waals surface area contributed by atoms with E-state index in [1.54, 1.807) is 23.5 Å². The van der Waals surface area contributed by atoms with Crippen molar-refractivity contribution in [3.63, 3.8) is 0 Å². The lowest BCUT2D eigenvalue weighted by Gasteiger charge is -2.34. The molecule has 3 heterocycles. The van der Waals surface area contributed by atoms with E-state index in [4.69, 9.17) is 4.74 Å². The summed E-state index contributed by atoms with van der Waals surface area (Å²) < 4.78 is 5.19. The Bertz CT molecular complexity index is 1130.